The molecule has 1 saturated carbocycles. The molecule has 0 spiro atoms. The van der Waals surface area contributed by atoms with Gasteiger partial charge in [-0.3, -0.25) is 0 Å². The average molecular weight is 234 g/mol. The van der Waals surface area contributed by atoms with Crippen molar-refractivity contribution in [2.75, 3.05) is 5.73 Å². The van der Waals surface area contributed by atoms with Gasteiger partial charge in [0.25, 0.3) is 0 Å². The van der Waals surface area contributed by atoms with Crippen molar-refractivity contribution in [1.29, 1.82) is 0 Å². The first-order chi connectivity index (χ1) is 7.48. The number of rotatable bonds is 1. The quantitative estimate of drug-likeness (QED) is 0.812. The summed E-state index contributed by atoms with van der Waals surface area (Å²) in [4.78, 5) is 0. The van der Waals surface area contributed by atoms with Crippen LogP contribution >= 0.6 is 0 Å². The van der Waals surface area contributed by atoms with Crippen molar-refractivity contribution in [2.24, 2.45) is 5.92 Å². The first kappa shape index (κ1) is 11.3. The summed E-state index contributed by atoms with van der Waals surface area (Å²) in [5.74, 6) is -1.85. The summed E-state index contributed by atoms with van der Waals surface area (Å²) in [6.07, 6.45) is -2.09. The number of anilines is 1. The van der Waals surface area contributed by atoms with E-state index in [1.165, 1.54) is 6.07 Å². The lowest BCUT2D eigenvalue weighted by atomic mass is 9.77. The molecule has 1 aromatic rings. The summed E-state index contributed by atoms with van der Waals surface area (Å²) in [5, 5.41) is 3.60. The highest BCUT2D eigenvalue weighted by atomic mass is 19.4. The SMILES string of the molecule is Nc1cc(C2CCCCC2C(F)(F)F)no1. The molecular weight excluding hydrogens is 221 g/mol. The van der Waals surface area contributed by atoms with Crippen LogP contribution in [0.4, 0.5) is 19.1 Å². The maximum absolute atomic E-state index is 12.8. The van der Waals surface area contributed by atoms with Crippen molar-refractivity contribution in [1.82, 2.24) is 5.16 Å². The third-order valence-electron chi connectivity index (χ3n) is 3.11. The third kappa shape index (κ3) is 2.15. The second kappa shape index (κ2) is 3.99. The Morgan fingerprint density at radius 2 is 2.00 bits per heavy atom. The van der Waals surface area contributed by atoms with Gasteiger partial charge in [-0.15, -0.1) is 0 Å². The molecule has 0 aliphatic heterocycles. The predicted octanol–water partition coefficient (Wildman–Crippen LogP) is 3.09. The van der Waals surface area contributed by atoms with Crippen LogP contribution in [-0.2, 0) is 0 Å². The first-order valence-corrected chi connectivity index (χ1v) is 5.27. The summed E-state index contributed by atoms with van der Waals surface area (Å²) in [6.45, 7) is 0. The van der Waals surface area contributed by atoms with E-state index in [4.69, 9.17) is 5.73 Å². The highest BCUT2D eigenvalue weighted by molar-refractivity contribution is 5.27. The van der Waals surface area contributed by atoms with E-state index in [2.05, 4.69) is 9.68 Å². The molecule has 0 bridgehead atoms. The Morgan fingerprint density at radius 3 is 2.56 bits per heavy atom. The fourth-order valence-electron chi connectivity index (χ4n) is 2.36. The van der Waals surface area contributed by atoms with Gasteiger partial charge in [0, 0.05) is 12.0 Å². The van der Waals surface area contributed by atoms with Gasteiger partial charge in [0.15, 0.2) is 0 Å². The fourth-order valence-corrected chi connectivity index (χ4v) is 2.36. The fraction of sp³-hybridized carbons (Fsp3) is 0.700. The summed E-state index contributed by atoms with van der Waals surface area (Å²) < 4.78 is 43.0. The van der Waals surface area contributed by atoms with Crippen LogP contribution in [0.15, 0.2) is 10.6 Å². The Hall–Kier alpha value is -1.20. The molecule has 16 heavy (non-hydrogen) atoms. The van der Waals surface area contributed by atoms with Crippen molar-refractivity contribution < 1.29 is 17.7 Å². The Bertz CT molecular complexity index is 361. The van der Waals surface area contributed by atoms with Crippen LogP contribution in [0.5, 0.6) is 0 Å². The van der Waals surface area contributed by atoms with Gasteiger partial charge in [0.1, 0.15) is 0 Å². The predicted molar refractivity (Wildman–Crippen MR) is 51.7 cm³/mol. The van der Waals surface area contributed by atoms with Gasteiger partial charge in [0.2, 0.25) is 5.88 Å². The molecule has 90 valence electrons. The zero-order valence-electron chi connectivity index (χ0n) is 8.63. The van der Waals surface area contributed by atoms with Crippen LogP contribution in [0, 0.1) is 5.92 Å². The Kier molecular flexibility index (Phi) is 2.82. The van der Waals surface area contributed by atoms with Gasteiger partial charge in [0.05, 0.1) is 11.6 Å². The molecule has 0 aromatic carbocycles. The van der Waals surface area contributed by atoms with Gasteiger partial charge in [-0.2, -0.15) is 13.2 Å². The third-order valence-corrected chi connectivity index (χ3v) is 3.11. The largest absolute Gasteiger partial charge is 0.392 e. The summed E-state index contributed by atoms with van der Waals surface area (Å²) in [5.41, 5.74) is 5.66. The van der Waals surface area contributed by atoms with E-state index in [1.54, 1.807) is 0 Å². The maximum Gasteiger partial charge on any atom is 0.392 e. The molecule has 2 rings (SSSR count). The smallest absolute Gasteiger partial charge is 0.368 e. The minimum absolute atomic E-state index is 0.0708. The molecule has 2 atom stereocenters. The zero-order chi connectivity index (χ0) is 11.8. The number of nitrogens with two attached hydrogens (primary N) is 1. The summed E-state index contributed by atoms with van der Waals surface area (Å²) in [7, 11) is 0. The van der Waals surface area contributed by atoms with Crippen LogP contribution in [0.3, 0.4) is 0 Å². The number of nitrogens with zero attached hydrogens (tertiary/aromatic N) is 1. The lowest BCUT2D eigenvalue weighted by molar-refractivity contribution is -0.187. The molecule has 6 heteroatoms. The van der Waals surface area contributed by atoms with Crippen molar-refractivity contribution in [3.8, 4) is 0 Å². The summed E-state index contributed by atoms with van der Waals surface area (Å²) in [6, 6.07) is 1.40. The molecule has 2 unspecified atom stereocenters. The highest BCUT2D eigenvalue weighted by Gasteiger charge is 2.46. The van der Waals surface area contributed by atoms with E-state index < -0.39 is 18.0 Å². The van der Waals surface area contributed by atoms with Gasteiger partial charge in [-0.05, 0) is 12.8 Å². The number of halogens is 3. The van der Waals surface area contributed by atoms with E-state index in [1.807, 2.05) is 0 Å². The van der Waals surface area contributed by atoms with Gasteiger partial charge in [-0.25, -0.2) is 0 Å². The van der Waals surface area contributed by atoms with Crippen molar-refractivity contribution in [3.63, 3.8) is 0 Å². The maximum atomic E-state index is 12.8. The van der Waals surface area contributed by atoms with E-state index in [0.29, 0.717) is 18.5 Å². The molecule has 1 heterocycles. The Morgan fingerprint density at radius 1 is 1.31 bits per heavy atom. The average Bonchev–Trinajstić information content (AvgIpc) is 2.64. The van der Waals surface area contributed by atoms with Crippen molar-refractivity contribution in [3.05, 3.63) is 11.8 Å². The minimum atomic E-state index is -4.17. The molecular formula is C10H13F3N2O. The Balaban J connectivity index is 2.23. The topological polar surface area (TPSA) is 52.0 Å². The van der Waals surface area contributed by atoms with E-state index >= 15 is 0 Å². The van der Waals surface area contributed by atoms with Crippen LogP contribution in [0.1, 0.15) is 37.3 Å². The molecule has 1 aromatic heterocycles. The van der Waals surface area contributed by atoms with Gasteiger partial charge >= 0.3 is 6.18 Å². The lowest BCUT2D eigenvalue weighted by Gasteiger charge is -2.31. The lowest BCUT2D eigenvalue weighted by Crippen LogP contribution is -2.31. The van der Waals surface area contributed by atoms with Gasteiger partial charge in [-0.1, -0.05) is 18.0 Å². The normalized spacial score (nSPS) is 26.9. The number of hydrogen-bond donors (Lipinski definition) is 1. The second-order valence-corrected chi connectivity index (χ2v) is 4.19. The van der Waals surface area contributed by atoms with E-state index in [9.17, 15) is 13.2 Å². The van der Waals surface area contributed by atoms with Crippen LogP contribution in [0.25, 0.3) is 0 Å². The minimum Gasteiger partial charge on any atom is -0.368 e. The van der Waals surface area contributed by atoms with Gasteiger partial charge < -0.3 is 10.3 Å². The molecule has 1 fully saturated rings. The van der Waals surface area contributed by atoms with Crippen molar-refractivity contribution in [2.45, 2.75) is 37.8 Å². The molecule has 1 aliphatic rings. The zero-order valence-corrected chi connectivity index (χ0v) is 8.63. The monoisotopic (exact) mass is 234 g/mol. The van der Waals surface area contributed by atoms with Crippen LogP contribution in [0.2, 0.25) is 0 Å². The molecule has 0 radical (unpaired) electrons. The second-order valence-electron chi connectivity index (χ2n) is 4.19. The highest BCUT2D eigenvalue weighted by Crippen LogP contribution is 2.46. The van der Waals surface area contributed by atoms with E-state index in [0.717, 1.165) is 6.42 Å². The number of alkyl halides is 3. The molecule has 2 N–H and O–H groups in total. The first-order valence-electron chi connectivity index (χ1n) is 5.27. The molecule has 0 saturated heterocycles. The molecule has 0 amide bonds. The number of nitrogen functional groups attached to an aromatic ring is 1. The van der Waals surface area contributed by atoms with Crippen LogP contribution in [-0.4, -0.2) is 11.3 Å². The Labute approximate surface area is 90.8 Å². The molecule has 3 nitrogen and oxygen atoms in total. The van der Waals surface area contributed by atoms with Crippen LogP contribution < -0.4 is 5.73 Å². The number of aromatic nitrogens is 1. The van der Waals surface area contributed by atoms with Crippen molar-refractivity contribution >= 4 is 5.88 Å². The standard InChI is InChI=1S/C10H13F3N2O/c11-10(12,13)7-4-2-1-3-6(7)8-5-9(14)16-15-8/h5-7H,1-4,14H2. The number of hydrogen-bond acceptors (Lipinski definition) is 3. The summed E-state index contributed by atoms with van der Waals surface area (Å²) >= 11 is 0. The molecule has 1 aliphatic carbocycles. The van der Waals surface area contributed by atoms with E-state index in [-0.39, 0.29) is 12.3 Å².